The van der Waals surface area contributed by atoms with Crippen molar-refractivity contribution in [3.8, 4) is 23.7 Å². The van der Waals surface area contributed by atoms with Gasteiger partial charge in [-0.3, -0.25) is 9.59 Å². The van der Waals surface area contributed by atoms with Crippen molar-refractivity contribution in [2.24, 2.45) is 45.3 Å². The molecule has 8 aliphatic carbocycles. The largest absolute Gasteiger partial charge is 0.462 e. The lowest BCUT2D eigenvalue weighted by atomic mass is 9.59. The number of fused-ring (bicyclic) bond motifs is 2. The van der Waals surface area contributed by atoms with Gasteiger partial charge in [-0.1, -0.05) is 84.1 Å². The molecule has 0 bridgehead atoms. The van der Waals surface area contributed by atoms with E-state index in [1.807, 2.05) is 0 Å². The maximum Gasteiger partial charge on any atom is 0.302 e. The van der Waals surface area contributed by atoms with Gasteiger partial charge in [-0.05, 0) is 182 Å². The monoisotopic (exact) mass is 909 g/mol. The summed E-state index contributed by atoms with van der Waals surface area (Å²) in [4.78, 5) is 23.1. The summed E-state index contributed by atoms with van der Waals surface area (Å²) in [6.45, 7) is 15.0. The summed E-state index contributed by atoms with van der Waals surface area (Å²) in [5, 5.41) is 39.9. The number of rotatable bonds is 8. The molecule has 0 amide bonds. The molecule has 6 unspecified atom stereocenters. The summed E-state index contributed by atoms with van der Waals surface area (Å²) in [5.74, 6) is 14.9. The molecule has 0 radical (unpaired) electrons. The van der Waals surface area contributed by atoms with Gasteiger partial charge in [0, 0.05) is 46.0 Å². The minimum atomic E-state index is -0.922. The van der Waals surface area contributed by atoms with Crippen molar-refractivity contribution in [3.05, 3.63) is 46.6 Å². The predicted octanol–water partition coefficient (Wildman–Crippen LogP) is 11.0. The van der Waals surface area contributed by atoms with Gasteiger partial charge in [-0.25, -0.2) is 0 Å². The molecule has 0 aromatic rings. The number of allylic oxidation sites excluding steroid dienone is 6. The lowest BCUT2D eigenvalue weighted by Gasteiger charge is -2.45. The van der Waals surface area contributed by atoms with Crippen molar-refractivity contribution in [3.63, 3.8) is 0 Å². The van der Waals surface area contributed by atoms with Crippen LogP contribution >= 0.6 is 0 Å². The minimum Gasteiger partial charge on any atom is -0.462 e. The first-order valence-corrected chi connectivity index (χ1v) is 25.9. The lowest BCUT2D eigenvalue weighted by molar-refractivity contribution is -0.154. The first-order chi connectivity index (χ1) is 31.0. The van der Waals surface area contributed by atoms with E-state index in [1.54, 1.807) is 38.8 Å². The quantitative estimate of drug-likeness (QED) is 0.140. The summed E-state index contributed by atoms with van der Waals surface area (Å²) in [6, 6.07) is 0. The van der Waals surface area contributed by atoms with E-state index in [1.165, 1.54) is 108 Å². The van der Waals surface area contributed by atoms with Gasteiger partial charge >= 0.3 is 11.9 Å². The molecule has 0 heterocycles. The molecular formula is C58H84O8. The summed E-state index contributed by atoms with van der Waals surface area (Å²) < 4.78 is 11.0. The number of hydrogen-bond acceptors (Lipinski definition) is 8. The van der Waals surface area contributed by atoms with Gasteiger partial charge in [-0.2, -0.15) is 0 Å². The zero-order valence-electron chi connectivity index (χ0n) is 41.9. The van der Waals surface area contributed by atoms with Crippen LogP contribution in [0, 0.1) is 69.0 Å². The smallest absolute Gasteiger partial charge is 0.302 e. The molecular weight excluding hydrogens is 825 g/mol. The molecule has 0 aromatic heterocycles. The Morgan fingerprint density at radius 3 is 1.36 bits per heavy atom. The molecule has 8 aliphatic rings. The number of carbonyl (C=O) groups excluding carboxylic acids is 2. The van der Waals surface area contributed by atoms with Crippen LogP contribution in [0.3, 0.4) is 0 Å². The molecule has 8 saturated carbocycles. The Morgan fingerprint density at radius 1 is 0.606 bits per heavy atom. The average Bonchev–Trinajstić information content (AvgIpc) is 4.09. The molecule has 8 nitrogen and oxygen atoms in total. The maximum absolute atomic E-state index is 11.6. The van der Waals surface area contributed by atoms with Gasteiger partial charge in [0.1, 0.15) is 23.4 Å². The number of hydrogen-bond donors (Lipinski definition) is 4. The molecule has 10 atom stereocenters. The SMILES string of the molecule is CC(=O)OC1CC(=C/C=C2\CCC[C@@]3(C)C2CCC3C2(CC#CC(C)(C)O)CC2)C[C@@H](OC(C)=O)C1.CC(C)(O)C#CCC1(C2CCC3/C(=C/C=C4CC(O)C[C@H](O)C4)CCC[C@@]32C)CC1. The fourth-order valence-corrected chi connectivity index (χ4v) is 14.7. The van der Waals surface area contributed by atoms with Crippen molar-refractivity contribution in [1.29, 1.82) is 0 Å². The topological polar surface area (TPSA) is 134 Å². The molecule has 66 heavy (non-hydrogen) atoms. The third kappa shape index (κ3) is 12.4. The van der Waals surface area contributed by atoms with E-state index in [9.17, 15) is 30.0 Å². The number of ether oxygens (including phenoxy) is 2. The van der Waals surface area contributed by atoms with Gasteiger partial charge < -0.3 is 29.9 Å². The van der Waals surface area contributed by atoms with Crippen LogP contribution in [0.25, 0.3) is 0 Å². The van der Waals surface area contributed by atoms with E-state index in [-0.39, 0.29) is 24.1 Å². The highest BCUT2D eigenvalue weighted by atomic mass is 16.6. The third-order valence-electron chi connectivity index (χ3n) is 17.6. The van der Waals surface area contributed by atoms with Crippen LogP contribution in [0.5, 0.6) is 0 Å². The lowest BCUT2D eigenvalue weighted by Crippen LogP contribution is -2.37. The highest BCUT2D eigenvalue weighted by molar-refractivity contribution is 5.67. The molecule has 8 heteroatoms. The van der Waals surface area contributed by atoms with Gasteiger partial charge in [-0.15, -0.1) is 0 Å². The van der Waals surface area contributed by atoms with Crippen molar-refractivity contribution in [2.45, 2.75) is 232 Å². The van der Waals surface area contributed by atoms with Gasteiger partial charge in [0.25, 0.3) is 0 Å². The molecule has 4 N–H and O–H groups in total. The van der Waals surface area contributed by atoms with Crippen molar-refractivity contribution in [2.75, 3.05) is 0 Å². The first-order valence-electron chi connectivity index (χ1n) is 25.9. The Kier molecular flexibility index (Phi) is 15.4. The fraction of sp³-hybridized carbons (Fsp3) is 0.759. The highest BCUT2D eigenvalue weighted by Gasteiger charge is 2.62. The second-order valence-corrected chi connectivity index (χ2v) is 24.1. The highest BCUT2D eigenvalue weighted by Crippen LogP contribution is 2.71. The van der Waals surface area contributed by atoms with E-state index in [4.69, 9.17) is 9.47 Å². The summed E-state index contributed by atoms with van der Waals surface area (Å²) >= 11 is 0. The second kappa shape index (κ2) is 20.1. The molecule has 0 saturated heterocycles. The summed E-state index contributed by atoms with van der Waals surface area (Å²) in [6.07, 6.45) is 31.2. The van der Waals surface area contributed by atoms with Crippen molar-refractivity contribution < 1.29 is 39.5 Å². The third-order valence-corrected chi connectivity index (χ3v) is 17.6. The van der Waals surface area contributed by atoms with Crippen LogP contribution in [0.4, 0.5) is 0 Å². The molecule has 8 rings (SSSR count). The van der Waals surface area contributed by atoms with Crippen LogP contribution in [0.1, 0.15) is 197 Å². The second-order valence-electron chi connectivity index (χ2n) is 24.1. The van der Waals surface area contributed by atoms with E-state index < -0.39 is 23.4 Å². The number of aliphatic hydroxyl groups excluding tert-OH is 2. The van der Waals surface area contributed by atoms with Crippen LogP contribution in [-0.2, 0) is 19.1 Å². The zero-order chi connectivity index (χ0) is 47.7. The number of aliphatic hydroxyl groups is 4. The van der Waals surface area contributed by atoms with Crippen LogP contribution in [-0.4, -0.2) is 68.0 Å². The summed E-state index contributed by atoms with van der Waals surface area (Å²) in [5.41, 5.74) is 5.08. The molecule has 0 aromatic carbocycles. The van der Waals surface area contributed by atoms with E-state index in [2.05, 4.69) is 61.8 Å². The van der Waals surface area contributed by atoms with Crippen LogP contribution in [0.15, 0.2) is 46.6 Å². The minimum absolute atomic E-state index is 0.238. The Hall–Kier alpha value is -3.14. The maximum atomic E-state index is 11.6. The Balaban J connectivity index is 0.000000199. The van der Waals surface area contributed by atoms with Crippen molar-refractivity contribution in [1.82, 2.24) is 0 Å². The van der Waals surface area contributed by atoms with Crippen LogP contribution < -0.4 is 0 Å². The van der Waals surface area contributed by atoms with E-state index in [0.717, 1.165) is 25.2 Å². The van der Waals surface area contributed by atoms with Crippen LogP contribution in [0.2, 0.25) is 0 Å². The Labute approximate surface area is 397 Å². The normalized spacial score (nSPS) is 37.9. The van der Waals surface area contributed by atoms with E-state index in [0.29, 0.717) is 77.9 Å². The van der Waals surface area contributed by atoms with Gasteiger partial charge in [0.2, 0.25) is 0 Å². The van der Waals surface area contributed by atoms with Crippen molar-refractivity contribution >= 4 is 11.9 Å². The zero-order valence-corrected chi connectivity index (χ0v) is 41.9. The Bertz CT molecular complexity index is 2010. The molecule has 0 aliphatic heterocycles. The molecule has 8 fully saturated rings. The molecule has 0 spiro atoms. The average molecular weight is 909 g/mol. The summed E-state index contributed by atoms with van der Waals surface area (Å²) in [7, 11) is 0. The fourth-order valence-electron chi connectivity index (χ4n) is 14.7. The predicted molar refractivity (Wildman–Crippen MR) is 260 cm³/mol. The number of carbonyl (C=O) groups is 2. The van der Waals surface area contributed by atoms with Gasteiger partial charge in [0.15, 0.2) is 0 Å². The Morgan fingerprint density at radius 2 is 1.00 bits per heavy atom. The van der Waals surface area contributed by atoms with E-state index >= 15 is 0 Å². The standard InChI is InChI=1S/C31H44O5.C27H40O3/c1-21(32)35-25-18-23(19-26(20-25)36-22(2)33)9-10-24-8-6-14-30(5)27(24)11-12-28(30)31(16-17-31)15-7-13-29(3,4)34;1-25(2,30)11-5-13-27(14-15-27)24-10-9-23-20(6-4-12-26(23,24)3)8-7-19-16-21(28)18-22(29)17-19/h9-10,25-28,34H,6,8,11-12,14-20H2,1-5H3;7-8,21-24,28-30H,4,6,9-10,12-18H2,1-3H3/b23-9?,24-10+;19-7?,20-8+/t25-,26?,27?,28?,30+;21-,22?,23?,24?,26+/m11/s1. The number of esters is 2. The molecule has 364 valence electrons. The first kappa shape index (κ1) is 50.7. The van der Waals surface area contributed by atoms with Gasteiger partial charge in [0.05, 0.1) is 12.2 Å².